The maximum atomic E-state index is 13.8. The van der Waals surface area contributed by atoms with Gasteiger partial charge in [-0.25, -0.2) is 9.78 Å². The Morgan fingerprint density at radius 1 is 1.19 bits per heavy atom. The number of benzene rings is 3. The van der Waals surface area contributed by atoms with E-state index < -0.39 is 12.1 Å². The highest BCUT2D eigenvalue weighted by Gasteiger charge is 2.23. The van der Waals surface area contributed by atoms with Crippen molar-refractivity contribution in [1.82, 2.24) is 9.66 Å². The highest BCUT2D eigenvalue weighted by Crippen LogP contribution is 2.43. The van der Waals surface area contributed by atoms with Gasteiger partial charge in [-0.3, -0.25) is 4.79 Å². The van der Waals surface area contributed by atoms with Gasteiger partial charge in [0.05, 0.1) is 30.8 Å². The van der Waals surface area contributed by atoms with Gasteiger partial charge < -0.3 is 19.3 Å². The number of halogens is 2. The van der Waals surface area contributed by atoms with Crippen LogP contribution in [0.15, 0.2) is 56.8 Å². The molecule has 1 heterocycles. The van der Waals surface area contributed by atoms with E-state index in [1.807, 2.05) is 25.1 Å². The van der Waals surface area contributed by atoms with Crippen molar-refractivity contribution in [1.29, 1.82) is 0 Å². The van der Waals surface area contributed by atoms with Gasteiger partial charge in [0, 0.05) is 15.6 Å². The molecule has 0 aliphatic carbocycles. The third-order valence-corrected chi connectivity index (χ3v) is 8.05. The maximum absolute atomic E-state index is 13.8. The number of carboxylic acids is 1. The Kier molecular flexibility index (Phi) is 9.58. The molecule has 0 fully saturated rings. The average Bonchev–Trinajstić information content (AvgIpc) is 2.96. The molecule has 3 aromatic carbocycles. The Labute approximate surface area is 256 Å². The van der Waals surface area contributed by atoms with Crippen molar-refractivity contribution in [2.24, 2.45) is 5.10 Å². The average molecular weight is 657 g/mol. The predicted octanol–water partition coefficient (Wildman–Crippen LogP) is 7.05. The third-order valence-electron chi connectivity index (χ3n) is 6.60. The number of aromatic nitrogens is 2. The predicted molar refractivity (Wildman–Crippen MR) is 168 cm³/mol. The fraction of sp³-hybridized carbons (Fsp3) is 0.290. The number of carboxylic acid groups (broad SMARTS) is 1. The standard InChI is InChI=1S/C31H31BrClN3O6/c1-7-41-25-13-19(26(32)27(33)28(25)42-18(5)31(38)39)15-34-36-29(35-23-11-9-8-10-20(23)30(36)37)22-14-21(16(2)3)24(40-6)12-17(22)4/h8-16,18H,7H2,1-6H3,(H,38,39)/t18-/m1/s1. The third kappa shape index (κ3) is 6.15. The monoisotopic (exact) mass is 655 g/mol. The Bertz CT molecular complexity index is 1750. The molecule has 0 radical (unpaired) electrons. The summed E-state index contributed by atoms with van der Waals surface area (Å²) >= 11 is 10.1. The summed E-state index contributed by atoms with van der Waals surface area (Å²) in [5.74, 6) is 0.434. The number of hydrogen-bond acceptors (Lipinski definition) is 7. The lowest BCUT2D eigenvalue weighted by atomic mass is 9.96. The molecular weight excluding hydrogens is 626 g/mol. The van der Waals surface area contributed by atoms with Crippen LogP contribution in [-0.4, -0.2) is 46.8 Å². The van der Waals surface area contributed by atoms with Gasteiger partial charge in [-0.05, 0) is 84.1 Å². The Hall–Kier alpha value is -3.89. The van der Waals surface area contributed by atoms with Gasteiger partial charge in [0.1, 0.15) is 10.8 Å². The van der Waals surface area contributed by atoms with E-state index >= 15 is 0 Å². The number of aliphatic carboxylic acids is 1. The van der Waals surface area contributed by atoms with Gasteiger partial charge >= 0.3 is 5.97 Å². The molecule has 0 aliphatic rings. The molecule has 4 rings (SSSR count). The van der Waals surface area contributed by atoms with Crippen LogP contribution < -0.4 is 19.8 Å². The topological polar surface area (TPSA) is 112 Å². The molecule has 0 amide bonds. The van der Waals surface area contributed by atoms with Crippen molar-refractivity contribution in [2.75, 3.05) is 13.7 Å². The van der Waals surface area contributed by atoms with Crippen LogP contribution in [0.3, 0.4) is 0 Å². The first-order chi connectivity index (χ1) is 20.0. The lowest BCUT2D eigenvalue weighted by Gasteiger charge is -2.18. The molecule has 0 saturated carbocycles. The summed E-state index contributed by atoms with van der Waals surface area (Å²) in [6.07, 6.45) is 0.299. The van der Waals surface area contributed by atoms with E-state index in [9.17, 15) is 14.7 Å². The van der Waals surface area contributed by atoms with Gasteiger partial charge in [-0.2, -0.15) is 9.78 Å². The number of methoxy groups -OCH3 is 1. The van der Waals surface area contributed by atoms with Crippen molar-refractivity contribution in [3.8, 4) is 28.6 Å². The SMILES string of the molecule is CCOc1cc(C=Nn2c(-c3cc(C(C)C)c(OC)cc3C)nc3ccccc3c2=O)c(Br)c(Cl)c1O[C@H](C)C(=O)O. The van der Waals surface area contributed by atoms with Crippen molar-refractivity contribution >= 4 is 50.6 Å². The second-order valence-corrected chi connectivity index (χ2v) is 11.0. The minimum absolute atomic E-state index is 0.0812. The molecule has 0 spiro atoms. The number of ether oxygens (including phenoxy) is 3. The largest absolute Gasteiger partial charge is 0.496 e. The van der Waals surface area contributed by atoms with Gasteiger partial charge in [0.25, 0.3) is 5.56 Å². The van der Waals surface area contributed by atoms with E-state index in [1.165, 1.54) is 17.8 Å². The number of nitrogens with zero attached hydrogens (tertiary/aromatic N) is 3. The molecule has 220 valence electrons. The summed E-state index contributed by atoms with van der Waals surface area (Å²) in [6.45, 7) is 9.52. The van der Waals surface area contributed by atoms with Crippen LogP contribution in [0.4, 0.5) is 0 Å². The zero-order valence-corrected chi connectivity index (χ0v) is 26.4. The highest BCUT2D eigenvalue weighted by molar-refractivity contribution is 9.10. The van der Waals surface area contributed by atoms with Crippen LogP contribution in [0.5, 0.6) is 17.2 Å². The van der Waals surface area contributed by atoms with Gasteiger partial charge in [-0.1, -0.05) is 37.6 Å². The van der Waals surface area contributed by atoms with Gasteiger partial charge in [-0.15, -0.1) is 0 Å². The van der Waals surface area contributed by atoms with E-state index in [0.717, 1.165) is 22.4 Å². The molecule has 0 aliphatic heterocycles. The number of para-hydroxylation sites is 1. The fourth-order valence-electron chi connectivity index (χ4n) is 4.39. The normalized spacial score (nSPS) is 12.2. The molecule has 42 heavy (non-hydrogen) atoms. The number of fused-ring (bicyclic) bond motifs is 1. The van der Waals surface area contributed by atoms with E-state index in [-0.39, 0.29) is 34.6 Å². The summed E-state index contributed by atoms with van der Waals surface area (Å²) < 4.78 is 18.6. The Morgan fingerprint density at radius 3 is 2.55 bits per heavy atom. The second-order valence-electron chi connectivity index (χ2n) is 9.83. The number of hydrogen-bond donors (Lipinski definition) is 1. The van der Waals surface area contributed by atoms with Crippen molar-refractivity contribution in [2.45, 2.75) is 46.6 Å². The van der Waals surface area contributed by atoms with E-state index in [2.05, 4.69) is 34.9 Å². The van der Waals surface area contributed by atoms with E-state index in [4.69, 9.17) is 30.8 Å². The van der Waals surface area contributed by atoms with Crippen LogP contribution in [0.25, 0.3) is 22.3 Å². The molecule has 0 saturated heterocycles. The van der Waals surface area contributed by atoms with Gasteiger partial charge in [0.15, 0.2) is 23.4 Å². The van der Waals surface area contributed by atoms with Crippen molar-refractivity contribution in [3.63, 3.8) is 0 Å². The minimum atomic E-state index is -1.17. The molecule has 0 bridgehead atoms. The first kappa shape index (κ1) is 31.1. The zero-order valence-electron chi connectivity index (χ0n) is 24.1. The van der Waals surface area contributed by atoms with Crippen LogP contribution in [0.1, 0.15) is 50.3 Å². The molecule has 1 atom stereocenters. The summed E-state index contributed by atoms with van der Waals surface area (Å²) in [4.78, 5) is 30.1. The lowest BCUT2D eigenvalue weighted by molar-refractivity contribution is -0.144. The van der Waals surface area contributed by atoms with Gasteiger partial charge in [0.2, 0.25) is 0 Å². The van der Waals surface area contributed by atoms with Crippen LogP contribution in [0, 0.1) is 6.92 Å². The molecule has 9 nitrogen and oxygen atoms in total. The Morgan fingerprint density at radius 2 is 1.90 bits per heavy atom. The van der Waals surface area contributed by atoms with Crippen molar-refractivity contribution < 1.29 is 24.1 Å². The maximum Gasteiger partial charge on any atom is 0.344 e. The summed E-state index contributed by atoms with van der Waals surface area (Å²) in [5, 5.41) is 14.4. The van der Waals surface area contributed by atoms with Crippen molar-refractivity contribution in [3.05, 3.63) is 79.0 Å². The molecule has 1 aromatic heterocycles. The molecule has 0 unspecified atom stereocenters. The summed E-state index contributed by atoms with van der Waals surface area (Å²) in [5.41, 5.74) is 3.23. The second kappa shape index (κ2) is 13.0. The number of aryl methyl sites for hydroxylation is 1. The fourth-order valence-corrected chi connectivity index (χ4v) is 5.03. The lowest BCUT2D eigenvalue weighted by Crippen LogP contribution is -2.23. The molecule has 11 heteroatoms. The Balaban J connectivity index is 1.94. The smallest absolute Gasteiger partial charge is 0.344 e. The molecular formula is C31H31BrClN3O6. The quantitative estimate of drug-likeness (QED) is 0.182. The van der Waals surface area contributed by atoms with E-state index in [1.54, 1.807) is 38.3 Å². The van der Waals surface area contributed by atoms with Crippen LogP contribution in [0.2, 0.25) is 5.02 Å². The van der Waals surface area contributed by atoms with Crippen LogP contribution in [-0.2, 0) is 4.79 Å². The number of rotatable bonds is 10. The summed E-state index contributed by atoms with van der Waals surface area (Å²) in [7, 11) is 1.63. The minimum Gasteiger partial charge on any atom is -0.496 e. The molecule has 4 aromatic rings. The summed E-state index contributed by atoms with van der Waals surface area (Å²) in [6, 6.07) is 12.6. The number of carbonyl (C=O) groups is 1. The zero-order chi connectivity index (χ0) is 30.7. The van der Waals surface area contributed by atoms with E-state index in [0.29, 0.717) is 26.8 Å². The van der Waals surface area contributed by atoms with Crippen LogP contribution >= 0.6 is 27.5 Å². The molecule has 1 N–H and O–H groups in total. The first-order valence-electron chi connectivity index (χ1n) is 13.3. The highest BCUT2D eigenvalue weighted by atomic mass is 79.9. The first-order valence-corrected chi connectivity index (χ1v) is 14.4.